The Hall–Kier alpha value is -3.03. The zero-order valence-corrected chi connectivity index (χ0v) is 23.4. The molecule has 4 bridgehead atoms. The fourth-order valence-electron chi connectivity index (χ4n) is 5.63. The topological polar surface area (TPSA) is 130 Å². The number of hydrogen-bond donors (Lipinski definition) is 2. The third-order valence-electron chi connectivity index (χ3n) is 7.90. The molecule has 2 fully saturated rings. The van der Waals surface area contributed by atoms with Gasteiger partial charge in [0.15, 0.2) is 19.1 Å². The van der Waals surface area contributed by atoms with Crippen molar-refractivity contribution in [3.63, 3.8) is 0 Å². The molecule has 4 aliphatic rings. The summed E-state index contributed by atoms with van der Waals surface area (Å²) in [5.74, 6) is -4.43. The Kier molecular flexibility index (Phi) is 8.14. The molecule has 2 N–H and O–H groups in total. The van der Waals surface area contributed by atoms with Gasteiger partial charge in [-0.15, -0.1) is 0 Å². The van der Waals surface area contributed by atoms with Gasteiger partial charge in [-0.1, -0.05) is 32.9 Å². The summed E-state index contributed by atoms with van der Waals surface area (Å²) in [7, 11) is 0. The molecule has 6 atom stereocenters. The number of carboxylic acid groups (broad SMARTS) is 1. The van der Waals surface area contributed by atoms with Crippen LogP contribution in [0.1, 0.15) is 57.6 Å². The largest absolute Gasteiger partial charge is 0.493 e. The van der Waals surface area contributed by atoms with Crippen LogP contribution in [0, 0.1) is 5.41 Å². The number of carbonyl (C=O) groups excluding carboxylic acids is 2. The van der Waals surface area contributed by atoms with Crippen LogP contribution in [-0.2, 0) is 36.9 Å². The van der Waals surface area contributed by atoms with E-state index in [0.717, 1.165) is 16.0 Å². The Balaban J connectivity index is 1.35. The number of alkyl halides is 2. The van der Waals surface area contributed by atoms with Gasteiger partial charge in [0.1, 0.15) is 17.8 Å². The summed E-state index contributed by atoms with van der Waals surface area (Å²) in [5, 5.41) is 12.3. The molecular formula is C28H37F2N3O8. The number of rotatable bonds is 1. The van der Waals surface area contributed by atoms with Gasteiger partial charge in [-0.05, 0) is 29.9 Å². The van der Waals surface area contributed by atoms with E-state index in [0.29, 0.717) is 25.3 Å². The molecule has 6 unspecified atom stereocenters. The van der Waals surface area contributed by atoms with Crippen LogP contribution in [0.4, 0.5) is 13.6 Å². The van der Waals surface area contributed by atoms with Crippen LogP contribution >= 0.6 is 0 Å². The zero-order valence-electron chi connectivity index (χ0n) is 23.4. The number of nitrogens with one attached hydrogen (secondary N) is 1. The Bertz CT molecular complexity index is 1180. The van der Waals surface area contributed by atoms with Crippen LogP contribution in [0.2, 0.25) is 0 Å². The second kappa shape index (κ2) is 11.3. The standard InChI is InChI=1S/C28H37F2N3O8/c1-27(2,3)21-22(34)33-13-17(11-19(33)24(35)36)40-25-23(41-25)32-12-16-7-6-8-20(18(16)14-32)38-10-5-4-9-28(29,30)15-39-26(37)31-21/h6-8,17,19,21,23,25H,4-5,9-15H2,1-3H3,(H,31,37)(H,35,36). The normalized spacial score (nSPS) is 32.5. The molecule has 2 amide bonds. The van der Waals surface area contributed by atoms with Crippen LogP contribution in [0.5, 0.6) is 5.75 Å². The molecule has 2 saturated heterocycles. The lowest BCUT2D eigenvalue weighted by Crippen LogP contribution is -2.57. The van der Waals surface area contributed by atoms with E-state index in [9.17, 15) is 28.3 Å². The second-order valence-electron chi connectivity index (χ2n) is 12.2. The fourth-order valence-corrected chi connectivity index (χ4v) is 5.63. The van der Waals surface area contributed by atoms with Gasteiger partial charge >= 0.3 is 12.1 Å². The van der Waals surface area contributed by atoms with E-state index >= 15 is 0 Å². The van der Waals surface area contributed by atoms with Gasteiger partial charge in [-0.3, -0.25) is 9.69 Å². The van der Waals surface area contributed by atoms with E-state index in [2.05, 4.69) is 10.2 Å². The maximum atomic E-state index is 14.5. The maximum Gasteiger partial charge on any atom is 0.408 e. The van der Waals surface area contributed by atoms with Crippen molar-refractivity contribution in [1.29, 1.82) is 0 Å². The Labute approximate surface area is 237 Å². The smallest absolute Gasteiger partial charge is 0.408 e. The molecule has 41 heavy (non-hydrogen) atoms. The molecule has 1 aromatic carbocycles. The summed E-state index contributed by atoms with van der Waals surface area (Å²) >= 11 is 0. The van der Waals surface area contributed by atoms with Crippen LogP contribution in [-0.4, -0.2) is 89.3 Å². The summed E-state index contributed by atoms with van der Waals surface area (Å²) in [4.78, 5) is 41.5. The van der Waals surface area contributed by atoms with E-state index in [1.165, 1.54) is 0 Å². The first-order valence-corrected chi connectivity index (χ1v) is 14.0. The Morgan fingerprint density at radius 2 is 1.90 bits per heavy atom. The number of amides is 2. The number of epoxide rings is 1. The lowest BCUT2D eigenvalue weighted by Gasteiger charge is -2.34. The molecule has 0 spiro atoms. The van der Waals surface area contributed by atoms with Crippen molar-refractivity contribution in [1.82, 2.24) is 15.1 Å². The number of carboxylic acids is 1. The minimum atomic E-state index is -3.27. The number of benzene rings is 1. The molecule has 0 aromatic heterocycles. The van der Waals surface area contributed by atoms with Crippen LogP contribution < -0.4 is 10.1 Å². The number of hydrogen-bond acceptors (Lipinski definition) is 8. The van der Waals surface area contributed by atoms with Crippen molar-refractivity contribution in [2.45, 2.75) is 96.2 Å². The van der Waals surface area contributed by atoms with Gasteiger partial charge in [-0.25, -0.2) is 18.4 Å². The van der Waals surface area contributed by atoms with Gasteiger partial charge in [0, 0.05) is 38.0 Å². The van der Waals surface area contributed by atoms with Crippen molar-refractivity contribution in [3.05, 3.63) is 29.3 Å². The quantitative estimate of drug-likeness (QED) is 0.481. The third kappa shape index (κ3) is 6.73. The van der Waals surface area contributed by atoms with Crippen molar-refractivity contribution < 1.29 is 47.2 Å². The van der Waals surface area contributed by atoms with Gasteiger partial charge in [0.2, 0.25) is 5.91 Å². The SMILES string of the molecule is CC(C)(C)C1NC(=O)OCC(F)(F)CCCCOc2cccc3c2CN(C3)C2OC2OC2CC(C(=O)O)N(C2)C1=O. The first kappa shape index (κ1) is 29.5. The molecule has 11 nitrogen and oxygen atoms in total. The van der Waals surface area contributed by atoms with Crippen molar-refractivity contribution in [2.24, 2.45) is 5.41 Å². The number of carbonyl (C=O) groups is 3. The summed E-state index contributed by atoms with van der Waals surface area (Å²) in [6, 6.07) is 3.33. The van der Waals surface area contributed by atoms with Crippen molar-refractivity contribution >= 4 is 18.0 Å². The molecule has 5 rings (SSSR count). The first-order valence-electron chi connectivity index (χ1n) is 14.0. The summed E-state index contributed by atoms with van der Waals surface area (Å²) in [5.41, 5.74) is 1.21. The molecule has 4 aliphatic heterocycles. The monoisotopic (exact) mass is 581 g/mol. The number of nitrogens with zero attached hydrogens (tertiary/aromatic N) is 2. The van der Waals surface area contributed by atoms with E-state index in [-0.39, 0.29) is 32.2 Å². The first-order chi connectivity index (χ1) is 19.3. The zero-order chi connectivity index (χ0) is 29.5. The molecular weight excluding hydrogens is 544 g/mol. The lowest BCUT2D eigenvalue weighted by molar-refractivity contribution is -0.150. The number of aliphatic carboxylic acids is 1. The highest BCUT2D eigenvalue weighted by Gasteiger charge is 2.52. The van der Waals surface area contributed by atoms with E-state index in [1.807, 2.05) is 18.2 Å². The van der Waals surface area contributed by atoms with Gasteiger partial charge in [0.25, 0.3) is 5.92 Å². The fraction of sp³-hybridized carbons (Fsp3) is 0.679. The Morgan fingerprint density at radius 1 is 1.12 bits per heavy atom. The van der Waals surface area contributed by atoms with E-state index in [4.69, 9.17) is 18.9 Å². The summed E-state index contributed by atoms with van der Waals surface area (Å²) < 4.78 is 51.6. The van der Waals surface area contributed by atoms with Crippen molar-refractivity contribution in [3.8, 4) is 5.75 Å². The van der Waals surface area contributed by atoms with Crippen LogP contribution in [0.15, 0.2) is 18.2 Å². The highest BCUT2D eigenvalue weighted by molar-refractivity contribution is 5.90. The molecule has 0 saturated carbocycles. The van der Waals surface area contributed by atoms with E-state index in [1.54, 1.807) is 20.8 Å². The molecule has 13 heteroatoms. The number of ether oxygens (including phenoxy) is 4. The average Bonchev–Trinajstić information content (AvgIpc) is 3.30. The molecule has 0 radical (unpaired) electrons. The number of fused-ring (bicyclic) bond motifs is 5. The number of halogens is 2. The van der Waals surface area contributed by atoms with Crippen LogP contribution in [0.25, 0.3) is 0 Å². The summed E-state index contributed by atoms with van der Waals surface area (Å²) in [6.45, 7) is 5.30. The van der Waals surface area contributed by atoms with E-state index < -0.39 is 66.8 Å². The maximum absolute atomic E-state index is 14.5. The predicted molar refractivity (Wildman–Crippen MR) is 139 cm³/mol. The summed E-state index contributed by atoms with van der Waals surface area (Å²) in [6.07, 6.45) is -2.61. The minimum Gasteiger partial charge on any atom is -0.493 e. The highest BCUT2D eigenvalue weighted by Crippen LogP contribution is 2.39. The van der Waals surface area contributed by atoms with Gasteiger partial charge < -0.3 is 34.3 Å². The average molecular weight is 582 g/mol. The van der Waals surface area contributed by atoms with Gasteiger partial charge in [0.05, 0.1) is 12.7 Å². The molecule has 0 aliphatic carbocycles. The Morgan fingerprint density at radius 3 is 2.63 bits per heavy atom. The molecule has 226 valence electrons. The van der Waals surface area contributed by atoms with Crippen molar-refractivity contribution in [2.75, 3.05) is 19.8 Å². The second-order valence-corrected chi connectivity index (χ2v) is 12.2. The highest BCUT2D eigenvalue weighted by atomic mass is 19.3. The van der Waals surface area contributed by atoms with Crippen LogP contribution in [0.3, 0.4) is 0 Å². The van der Waals surface area contributed by atoms with Gasteiger partial charge in [-0.2, -0.15) is 0 Å². The third-order valence-corrected chi connectivity index (χ3v) is 7.90. The minimum absolute atomic E-state index is 0.0258. The molecule has 4 heterocycles. The predicted octanol–water partition coefficient (Wildman–Crippen LogP) is 3.09. The number of alkyl carbamates (subject to hydrolysis) is 1. The lowest BCUT2D eigenvalue weighted by atomic mass is 9.85. The molecule has 1 aromatic rings. The number of cyclic esters (lactones) is 1.